The van der Waals surface area contributed by atoms with E-state index < -0.39 is 5.82 Å². The second-order valence-electron chi connectivity index (χ2n) is 4.45. The van der Waals surface area contributed by atoms with Crippen molar-refractivity contribution in [2.45, 2.75) is 0 Å². The van der Waals surface area contributed by atoms with E-state index in [1.807, 2.05) is 4.90 Å². The fraction of sp³-hybridized carbons (Fsp3) is 0.308. The van der Waals surface area contributed by atoms with E-state index in [2.05, 4.69) is 15.0 Å². The van der Waals surface area contributed by atoms with Gasteiger partial charge in [0.25, 0.3) is 0 Å². The average Bonchev–Trinajstić information content (AvgIpc) is 2.50. The van der Waals surface area contributed by atoms with Crippen LogP contribution in [-0.4, -0.2) is 41.3 Å². The minimum Gasteiger partial charge on any atom is -0.378 e. The van der Waals surface area contributed by atoms with Crippen LogP contribution in [0.4, 0.5) is 10.3 Å². The summed E-state index contributed by atoms with van der Waals surface area (Å²) in [5, 5.41) is 0.397. The van der Waals surface area contributed by atoms with Crippen molar-refractivity contribution in [3.05, 3.63) is 34.3 Å². The van der Waals surface area contributed by atoms with Gasteiger partial charge in [-0.1, -0.05) is 11.6 Å². The number of aromatic nitrogens is 3. The third kappa shape index (κ3) is 3.23. The molecular weight excluding hydrogens is 318 g/mol. The van der Waals surface area contributed by atoms with Crippen LogP contribution in [0.15, 0.2) is 18.2 Å². The maximum atomic E-state index is 13.4. The third-order valence-electron chi connectivity index (χ3n) is 3.06. The number of hydrogen-bond donors (Lipinski definition) is 0. The molecule has 1 saturated heterocycles. The summed E-state index contributed by atoms with van der Waals surface area (Å²) >= 11 is 12.0. The number of morpholine rings is 1. The minimum absolute atomic E-state index is 0.0434. The first-order valence-electron chi connectivity index (χ1n) is 6.33. The van der Waals surface area contributed by atoms with Gasteiger partial charge < -0.3 is 9.64 Å². The summed E-state index contributed by atoms with van der Waals surface area (Å²) in [7, 11) is 0. The lowest BCUT2D eigenvalue weighted by Gasteiger charge is -2.26. The summed E-state index contributed by atoms with van der Waals surface area (Å²) in [6.45, 7) is 2.52. The molecule has 0 unspecified atom stereocenters. The maximum absolute atomic E-state index is 13.4. The summed E-state index contributed by atoms with van der Waals surface area (Å²) in [5.41, 5.74) is 0.385. The fourth-order valence-electron chi connectivity index (χ4n) is 2.03. The van der Waals surface area contributed by atoms with Crippen LogP contribution in [0, 0.1) is 5.82 Å². The second-order valence-corrected chi connectivity index (χ2v) is 5.20. The van der Waals surface area contributed by atoms with Crippen LogP contribution in [0.1, 0.15) is 0 Å². The number of ether oxygens (including phenoxy) is 1. The lowest BCUT2D eigenvalue weighted by molar-refractivity contribution is 0.122. The molecule has 3 rings (SSSR count). The van der Waals surface area contributed by atoms with E-state index in [9.17, 15) is 4.39 Å². The standard InChI is InChI=1S/C13H11Cl2FN4O/c14-10-2-1-8(16)7-9(10)11-17-12(15)19-13(18-11)20-3-5-21-6-4-20/h1-2,7H,3-6H2. The Morgan fingerprint density at radius 1 is 1.10 bits per heavy atom. The maximum Gasteiger partial charge on any atom is 0.230 e. The molecule has 5 nitrogen and oxygen atoms in total. The number of nitrogens with zero attached hydrogens (tertiary/aromatic N) is 4. The Bertz CT molecular complexity index is 665. The van der Waals surface area contributed by atoms with Crippen molar-refractivity contribution in [2.24, 2.45) is 0 Å². The lowest BCUT2D eigenvalue weighted by Crippen LogP contribution is -2.37. The first kappa shape index (κ1) is 14.4. The van der Waals surface area contributed by atoms with Crippen LogP contribution in [0.3, 0.4) is 0 Å². The first-order valence-corrected chi connectivity index (χ1v) is 7.09. The highest BCUT2D eigenvalue weighted by molar-refractivity contribution is 6.33. The highest BCUT2D eigenvalue weighted by Gasteiger charge is 2.18. The molecule has 1 aliphatic rings. The highest BCUT2D eigenvalue weighted by Crippen LogP contribution is 2.27. The summed E-state index contributed by atoms with van der Waals surface area (Å²) in [6, 6.07) is 4.01. The number of anilines is 1. The van der Waals surface area contributed by atoms with Crippen molar-refractivity contribution < 1.29 is 9.13 Å². The van der Waals surface area contributed by atoms with Crippen LogP contribution >= 0.6 is 23.2 Å². The Kier molecular flexibility index (Phi) is 4.19. The van der Waals surface area contributed by atoms with Gasteiger partial charge in [0, 0.05) is 18.7 Å². The van der Waals surface area contributed by atoms with E-state index in [1.165, 1.54) is 18.2 Å². The first-order chi connectivity index (χ1) is 10.1. The van der Waals surface area contributed by atoms with Crippen molar-refractivity contribution in [2.75, 3.05) is 31.2 Å². The highest BCUT2D eigenvalue weighted by atomic mass is 35.5. The monoisotopic (exact) mass is 328 g/mol. The van der Waals surface area contributed by atoms with Gasteiger partial charge >= 0.3 is 0 Å². The van der Waals surface area contributed by atoms with Crippen LogP contribution in [-0.2, 0) is 4.74 Å². The van der Waals surface area contributed by atoms with Crippen molar-refractivity contribution in [1.82, 2.24) is 15.0 Å². The molecule has 1 fully saturated rings. The topological polar surface area (TPSA) is 51.1 Å². The lowest BCUT2D eigenvalue weighted by atomic mass is 10.2. The van der Waals surface area contributed by atoms with Gasteiger partial charge in [-0.05, 0) is 29.8 Å². The van der Waals surface area contributed by atoms with Crippen molar-refractivity contribution >= 4 is 29.2 Å². The molecule has 1 aromatic heterocycles. The largest absolute Gasteiger partial charge is 0.378 e. The molecule has 0 spiro atoms. The quantitative estimate of drug-likeness (QED) is 0.848. The van der Waals surface area contributed by atoms with E-state index in [0.29, 0.717) is 42.8 Å². The molecule has 21 heavy (non-hydrogen) atoms. The van der Waals surface area contributed by atoms with Gasteiger partial charge in [-0.25, -0.2) is 4.39 Å². The van der Waals surface area contributed by atoms with Gasteiger partial charge in [0.2, 0.25) is 11.2 Å². The molecule has 0 amide bonds. The van der Waals surface area contributed by atoms with Gasteiger partial charge in [0.05, 0.1) is 18.2 Å². The van der Waals surface area contributed by atoms with E-state index in [4.69, 9.17) is 27.9 Å². The molecule has 0 radical (unpaired) electrons. The number of halogens is 3. The van der Waals surface area contributed by atoms with Crippen LogP contribution in [0.5, 0.6) is 0 Å². The molecule has 1 aromatic carbocycles. The molecular formula is C13H11Cl2FN4O. The van der Waals surface area contributed by atoms with Crippen molar-refractivity contribution in [1.29, 1.82) is 0 Å². The Morgan fingerprint density at radius 2 is 1.86 bits per heavy atom. The number of hydrogen-bond acceptors (Lipinski definition) is 5. The predicted octanol–water partition coefficient (Wildman–Crippen LogP) is 2.82. The van der Waals surface area contributed by atoms with E-state index >= 15 is 0 Å². The molecule has 0 bridgehead atoms. The summed E-state index contributed by atoms with van der Waals surface area (Å²) in [5.74, 6) is 0.272. The minimum atomic E-state index is -0.418. The Hall–Kier alpha value is -1.50. The molecule has 8 heteroatoms. The van der Waals surface area contributed by atoms with Crippen LogP contribution < -0.4 is 4.90 Å². The zero-order valence-corrected chi connectivity index (χ0v) is 12.4. The average molecular weight is 329 g/mol. The van der Waals surface area contributed by atoms with Gasteiger partial charge in [-0.2, -0.15) is 15.0 Å². The van der Waals surface area contributed by atoms with Gasteiger partial charge in [-0.15, -0.1) is 0 Å². The molecule has 0 atom stereocenters. The van der Waals surface area contributed by atoms with Gasteiger partial charge in [0.1, 0.15) is 5.82 Å². The molecule has 0 saturated carbocycles. The molecule has 0 aliphatic carbocycles. The Balaban J connectivity index is 2.02. The normalized spacial score (nSPS) is 15.3. The molecule has 2 aromatic rings. The van der Waals surface area contributed by atoms with Gasteiger partial charge in [0.15, 0.2) is 5.82 Å². The molecule has 0 N–H and O–H groups in total. The van der Waals surface area contributed by atoms with Crippen molar-refractivity contribution in [3.8, 4) is 11.4 Å². The van der Waals surface area contributed by atoms with E-state index in [1.54, 1.807) is 0 Å². The van der Waals surface area contributed by atoms with E-state index in [-0.39, 0.29) is 11.1 Å². The molecule has 110 valence electrons. The van der Waals surface area contributed by atoms with Crippen LogP contribution in [0.2, 0.25) is 10.3 Å². The third-order valence-corrected chi connectivity index (χ3v) is 3.56. The van der Waals surface area contributed by atoms with E-state index in [0.717, 1.165) is 0 Å². The second kappa shape index (κ2) is 6.09. The summed E-state index contributed by atoms with van der Waals surface area (Å²) in [4.78, 5) is 14.4. The smallest absolute Gasteiger partial charge is 0.230 e. The molecule has 2 heterocycles. The SMILES string of the molecule is Fc1ccc(Cl)c(-c2nc(Cl)nc(N3CCOCC3)n2)c1. The summed E-state index contributed by atoms with van der Waals surface area (Å²) in [6.07, 6.45) is 0. The Labute approximate surface area is 130 Å². The summed E-state index contributed by atoms with van der Waals surface area (Å²) < 4.78 is 18.7. The Morgan fingerprint density at radius 3 is 2.62 bits per heavy atom. The van der Waals surface area contributed by atoms with Gasteiger partial charge in [-0.3, -0.25) is 0 Å². The predicted molar refractivity (Wildman–Crippen MR) is 78.3 cm³/mol. The fourth-order valence-corrected chi connectivity index (χ4v) is 2.39. The number of benzene rings is 1. The van der Waals surface area contributed by atoms with Crippen LogP contribution in [0.25, 0.3) is 11.4 Å². The zero-order chi connectivity index (χ0) is 14.8. The molecule has 1 aliphatic heterocycles. The zero-order valence-electron chi connectivity index (χ0n) is 10.9. The van der Waals surface area contributed by atoms with Crippen molar-refractivity contribution in [3.63, 3.8) is 0 Å². The number of rotatable bonds is 2.